The largest absolute Gasteiger partial charge is 0.444 e. The fourth-order valence-electron chi connectivity index (χ4n) is 2.90. The van der Waals surface area contributed by atoms with Gasteiger partial charge in [0.15, 0.2) is 0 Å². The molecule has 0 spiro atoms. The molecule has 25 heavy (non-hydrogen) atoms. The van der Waals surface area contributed by atoms with Crippen LogP contribution in [0.1, 0.15) is 41.7 Å². The molecule has 0 unspecified atom stereocenters. The third-order valence-corrected chi connectivity index (χ3v) is 6.19. The normalized spacial score (nSPS) is 16.4. The average Bonchev–Trinajstić information content (AvgIpc) is 3.22. The van der Waals surface area contributed by atoms with Crippen LogP contribution in [-0.4, -0.2) is 29.7 Å². The number of fused-ring (bicyclic) bond motifs is 2. The molecular formula is C19H26N2O2S2. The Morgan fingerprint density at radius 2 is 1.80 bits per heavy atom. The van der Waals surface area contributed by atoms with Crippen molar-refractivity contribution >= 4 is 28.8 Å². The van der Waals surface area contributed by atoms with Crippen LogP contribution in [0, 0.1) is 0 Å². The third-order valence-electron chi connectivity index (χ3n) is 4.14. The van der Waals surface area contributed by atoms with Crippen molar-refractivity contribution in [2.75, 3.05) is 13.1 Å². The minimum atomic E-state index is -0.411. The van der Waals surface area contributed by atoms with Gasteiger partial charge in [-0.3, -0.25) is 0 Å². The molecule has 0 atom stereocenters. The predicted octanol–water partition coefficient (Wildman–Crippen LogP) is 4.44. The van der Waals surface area contributed by atoms with Gasteiger partial charge in [0.2, 0.25) is 0 Å². The van der Waals surface area contributed by atoms with Gasteiger partial charge in [-0.1, -0.05) is 0 Å². The summed E-state index contributed by atoms with van der Waals surface area (Å²) in [7, 11) is 0. The maximum atomic E-state index is 11.9. The summed E-state index contributed by atoms with van der Waals surface area (Å²) in [5.74, 6) is 0. The minimum Gasteiger partial charge on any atom is -0.444 e. The number of hydrogen-bond acceptors (Lipinski definition) is 5. The molecule has 4 nitrogen and oxygen atoms in total. The monoisotopic (exact) mass is 378 g/mol. The molecule has 1 amide bonds. The highest BCUT2D eigenvalue weighted by Crippen LogP contribution is 2.25. The second kappa shape index (κ2) is 7.89. The standard InChI is InChI=1S/C12H17NO2S.C7H9NS/c1-12(2,3)15-11(14)13-6-4-10-9(8-13)5-7-16-10;1-3-8-5-6-2-4-9-7(1)6/h5,7H,4,6,8H2,1-3H3;2,4,8H,1,3,5H2. The second-order valence-electron chi connectivity index (χ2n) is 7.32. The highest BCUT2D eigenvalue weighted by atomic mass is 32.1. The number of carbonyl (C=O) groups is 1. The first-order valence-electron chi connectivity index (χ1n) is 8.71. The zero-order valence-electron chi connectivity index (χ0n) is 15.1. The topological polar surface area (TPSA) is 41.6 Å². The van der Waals surface area contributed by atoms with E-state index in [0.29, 0.717) is 6.54 Å². The molecule has 0 aliphatic carbocycles. The van der Waals surface area contributed by atoms with Crippen molar-refractivity contribution in [1.29, 1.82) is 0 Å². The van der Waals surface area contributed by atoms with Crippen LogP contribution in [0.2, 0.25) is 0 Å². The summed E-state index contributed by atoms with van der Waals surface area (Å²) in [6.07, 6.45) is 1.98. The predicted molar refractivity (Wildman–Crippen MR) is 104 cm³/mol. The molecule has 2 aromatic rings. The lowest BCUT2D eigenvalue weighted by Crippen LogP contribution is -2.39. The Morgan fingerprint density at radius 3 is 2.48 bits per heavy atom. The molecule has 4 heterocycles. The highest BCUT2D eigenvalue weighted by Gasteiger charge is 2.25. The fraction of sp³-hybridized carbons (Fsp3) is 0.526. The molecule has 2 aliphatic heterocycles. The number of amides is 1. The summed E-state index contributed by atoms with van der Waals surface area (Å²) in [5, 5.41) is 7.60. The average molecular weight is 379 g/mol. The van der Waals surface area contributed by atoms with Gasteiger partial charge >= 0.3 is 6.09 Å². The van der Waals surface area contributed by atoms with Gasteiger partial charge in [-0.25, -0.2) is 4.79 Å². The number of ether oxygens (including phenoxy) is 1. The lowest BCUT2D eigenvalue weighted by atomic mass is 10.1. The number of nitrogens with one attached hydrogen (secondary N) is 1. The Hall–Kier alpha value is -1.37. The van der Waals surface area contributed by atoms with Gasteiger partial charge in [0.25, 0.3) is 0 Å². The molecule has 0 aromatic carbocycles. The van der Waals surface area contributed by atoms with E-state index in [4.69, 9.17) is 4.74 Å². The lowest BCUT2D eigenvalue weighted by Gasteiger charge is -2.29. The number of rotatable bonds is 0. The van der Waals surface area contributed by atoms with Crippen LogP contribution >= 0.6 is 22.7 Å². The van der Waals surface area contributed by atoms with Gasteiger partial charge < -0.3 is 15.0 Å². The van der Waals surface area contributed by atoms with E-state index in [0.717, 1.165) is 26.1 Å². The van der Waals surface area contributed by atoms with E-state index in [2.05, 4.69) is 28.2 Å². The Bertz CT molecular complexity index is 695. The van der Waals surface area contributed by atoms with E-state index in [1.54, 1.807) is 21.1 Å². The minimum absolute atomic E-state index is 0.204. The smallest absolute Gasteiger partial charge is 0.410 e. The second-order valence-corrected chi connectivity index (χ2v) is 9.32. The molecule has 0 saturated heterocycles. The summed E-state index contributed by atoms with van der Waals surface area (Å²) in [4.78, 5) is 16.6. The van der Waals surface area contributed by atoms with E-state index in [1.165, 1.54) is 22.4 Å². The number of carbonyl (C=O) groups excluding carboxylic acids is 1. The van der Waals surface area contributed by atoms with E-state index < -0.39 is 5.60 Å². The van der Waals surface area contributed by atoms with Gasteiger partial charge in [0.1, 0.15) is 5.60 Å². The quantitative estimate of drug-likeness (QED) is 0.737. The van der Waals surface area contributed by atoms with Crippen molar-refractivity contribution in [3.8, 4) is 0 Å². The number of hydrogen-bond donors (Lipinski definition) is 1. The molecule has 4 rings (SSSR count). The Labute approximate surface area is 157 Å². The van der Waals surface area contributed by atoms with E-state index in [1.807, 2.05) is 32.1 Å². The van der Waals surface area contributed by atoms with Crippen LogP contribution in [0.25, 0.3) is 0 Å². The van der Waals surface area contributed by atoms with Crippen molar-refractivity contribution in [2.24, 2.45) is 0 Å². The van der Waals surface area contributed by atoms with Crippen LogP contribution in [0.5, 0.6) is 0 Å². The van der Waals surface area contributed by atoms with Gasteiger partial charge in [-0.05, 0) is 67.6 Å². The van der Waals surface area contributed by atoms with Gasteiger partial charge in [-0.2, -0.15) is 0 Å². The summed E-state index contributed by atoms with van der Waals surface area (Å²) < 4.78 is 5.36. The van der Waals surface area contributed by atoms with Crippen molar-refractivity contribution in [3.05, 3.63) is 43.8 Å². The molecule has 0 radical (unpaired) electrons. The first kappa shape index (κ1) is 18.4. The molecular weight excluding hydrogens is 352 g/mol. The van der Waals surface area contributed by atoms with E-state index >= 15 is 0 Å². The van der Waals surface area contributed by atoms with Gasteiger partial charge in [0, 0.05) is 29.4 Å². The maximum Gasteiger partial charge on any atom is 0.410 e. The zero-order valence-corrected chi connectivity index (χ0v) is 16.8. The molecule has 136 valence electrons. The van der Waals surface area contributed by atoms with Crippen molar-refractivity contribution in [2.45, 2.75) is 52.3 Å². The summed E-state index contributed by atoms with van der Waals surface area (Å²) >= 11 is 3.66. The zero-order chi connectivity index (χ0) is 17.9. The molecule has 0 saturated carbocycles. The SMILES string of the molecule is CC(C)(C)OC(=O)N1CCc2sccc2C1.c1cc2c(s1)CCNC2. The van der Waals surface area contributed by atoms with Crippen molar-refractivity contribution in [1.82, 2.24) is 10.2 Å². The Morgan fingerprint density at radius 1 is 1.12 bits per heavy atom. The molecule has 1 N–H and O–H groups in total. The molecule has 2 aliphatic rings. The molecule has 6 heteroatoms. The molecule has 2 aromatic heterocycles. The lowest BCUT2D eigenvalue weighted by molar-refractivity contribution is 0.0225. The first-order valence-corrected chi connectivity index (χ1v) is 10.5. The first-order chi connectivity index (χ1) is 11.9. The van der Waals surface area contributed by atoms with Crippen molar-refractivity contribution < 1.29 is 9.53 Å². The summed E-state index contributed by atoms with van der Waals surface area (Å²) in [6.45, 7) is 9.38. The van der Waals surface area contributed by atoms with Crippen LogP contribution in [-0.2, 0) is 30.7 Å². The van der Waals surface area contributed by atoms with E-state index in [9.17, 15) is 4.79 Å². The fourth-order valence-corrected chi connectivity index (χ4v) is 4.70. The number of nitrogens with zero attached hydrogens (tertiary/aromatic N) is 1. The third kappa shape index (κ3) is 5.06. The van der Waals surface area contributed by atoms with Crippen LogP contribution in [0.4, 0.5) is 4.79 Å². The van der Waals surface area contributed by atoms with Gasteiger partial charge in [0.05, 0.1) is 6.54 Å². The molecule has 0 bridgehead atoms. The van der Waals surface area contributed by atoms with Crippen LogP contribution in [0.15, 0.2) is 22.9 Å². The Balaban J connectivity index is 0.000000170. The van der Waals surface area contributed by atoms with E-state index in [-0.39, 0.29) is 6.09 Å². The van der Waals surface area contributed by atoms with Crippen LogP contribution < -0.4 is 5.32 Å². The molecule has 0 fully saturated rings. The van der Waals surface area contributed by atoms with Gasteiger partial charge in [-0.15, -0.1) is 22.7 Å². The highest BCUT2D eigenvalue weighted by molar-refractivity contribution is 7.10. The number of thiophene rings is 2. The summed E-state index contributed by atoms with van der Waals surface area (Å²) in [6, 6.07) is 4.31. The van der Waals surface area contributed by atoms with Crippen molar-refractivity contribution in [3.63, 3.8) is 0 Å². The van der Waals surface area contributed by atoms with Crippen LogP contribution in [0.3, 0.4) is 0 Å². The Kier molecular flexibility index (Phi) is 5.81. The maximum absolute atomic E-state index is 11.9. The summed E-state index contributed by atoms with van der Waals surface area (Å²) in [5.41, 5.74) is 2.36.